The molecule has 0 bridgehead atoms. The van der Waals surface area contributed by atoms with E-state index in [0.717, 1.165) is 28.3 Å². The molecule has 1 atom stereocenters. The molecule has 13 rings (SSSR count). The summed E-state index contributed by atoms with van der Waals surface area (Å²) in [6.45, 7) is 0. The average molecular weight is 804 g/mol. The van der Waals surface area contributed by atoms with Crippen LogP contribution in [0.1, 0.15) is 56.1 Å². The van der Waals surface area contributed by atoms with Crippen molar-refractivity contribution in [3.05, 3.63) is 281 Å². The highest BCUT2D eigenvalue weighted by Crippen LogP contribution is 2.65. The smallest absolute Gasteiger partial charge is 0.0793 e. The molecule has 2 aliphatic heterocycles. The molecular formula is C60H41N3. The molecule has 0 amide bonds. The van der Waals surface area contributed by atoms with Crippen LogP contribution in [0.4, 0.5) is 17.1 Å². The zero-order chi connectivity index (χ0) is 41.5. The van der Waals surface area contributed by atoms with E-state index in [2.05, 4.69) is 252 Å². The van der Waals surface area contributed by atoms with Crippen LogP contribution in [0.5, 0.6) is 0 Å². The van der Waals surface area contributed by atoms with Crippen molar-refractivity contribution in [3.63, 3.8) is 0 Å². The lowest BCUT2D eigenvalue weighted by Crippen LogP contribution is -2.33. The Bertz CT molecular complexity index is 3270. The molecule has 2 heterocycles. The van der Waals surface area contributed by atoms with E-state index in [0.29, 0.717) is 0 Å². The molecule has 1 unspecified atom stereocenters. The quantitative estimate of drug-likeness (QED) is 0.181. The second-order valence-electron chi connectivity index (χ2n) is 16.8. The van der Waals surface area contributed by atoms with Gasteiger partial charge in [-0.3, -0.25) is 5.01 Å². The summed E-state index contributed by atoms with van der Waals surface area (Å²) in [5, 5.41) is 2.35. The lowest BCUT2D eigenvalue weighted by atomic mass is 9.70. The lowest BCUT2D eigenvalue weighted by Gasteiger charge is -2.35. The maximum atomic E-state index is 4.03. The number of benzene rings is 9. The normalized spacial score (nSPS) is 15.8. The van der Waals surface area contributed by atoms with Crippen molar-refractivity contribution >= 4 is 40.1 Å². The number of fused-ring (bicyclic) bond motifs is 13. The topological polar surface area (TPSA) is 18.5 Å². The van der Waals surface area contributed by atoms with Crippen LogP contribution >= 0.6 is 0 Å². The van der Waals surface area contributed by atoms with E-state index in [1.54, 1.807) is 0 Å². The maximum absolute atomic E-state index is 4.03. The Hall–Kier alpha value is -7.98. The molecule has 9 aromatic carbocycles. The number of rotatable bonds is 6. The Labute approximate surface area is 368 Å². The Morgan fingerprint density at radius 1 is 0.413 bits per heavy atom. The Kier molecular flexibility index (Phi) is 7.96. The van der Waals surface area contributed by atoms with Gasteiger partial charge in [-0.25, -0.2) is 5.43 Å². The van der Waals surface area contributed by atoms with Gasteiger partial charge in [-0.15, -0.1) is 0 Å². The largest absolute Gasteiger partial charge is 0.309 e. The number of para-hydroxylation sites is 1. The molecule has 0 radical (unpaired) electrons. The molecule has 0 fully saturated rings. The molecule has 1 N–H and O–H groups in total. The summed E-state index contributed by atoms with van der Waals surface area (Å²) >= 11 is 0. The summed E-state index contributed by atoms with van der Waals surface area (Å²) in [6, 6.07) is 84.6. The monoisotopic (exact) mass is 803 g/mol. The first-order chi connectivity index (χ1) is 31.3. The number of hydrogen-bond donors (Lipinski definition) is 1. The first kappa shape index (κ1) is 35.7. The van der Waals surface area contributed by atoms with Gasteiger partial charge in [0.1, 0.15) is 0 Å². The van der Waals surface area contributed by atoms with Crippen LogP contribution in [0, 0.1) is 0 Å². The minimum absolute atomic E-state index is 0.0715. The molecule has 9 aromatic rings. The molecule has 2 aliphatic carbocycles. The molecule has 3 nitrogen and oxygen atoms in total. The van der Waals surface area contributed by atoms with Gasteiger partial charge >= 0.3 is 0 Å². The maximum Gasteiger partial charge on any atom is 0.0793 e. The van der Waals surface area contributed by atoms with E-state index >= 15 is 0 Å². The van der Waals surface area contributed by atoms with Gasteiger partial charge < -0.3 is 4.90 Å². The Morgan fingerprint density at radius 3 is 1.57 bits per heavy atom. The highest BCUT2D eigenvalue weighted by Gasteiger charge is 2.52. The zero-order valence-electron chi connectivity index (χ0n) is 34.5. The van der Waals surface area contributed by atoms with Crippen molar-refractivity contribution in [2.75, 3.05) is 4.90 Å². The molecule has 3 heteroatoms. The summed E-state index contributed by atoms with van der Waals surface area (Å²) in [5.41, 5.74) is 26.9. The molecule has 0 saturated carbocycles. The second kappa shape index (κ2) is 14.0. The summed E-state index contributed by atoms with van der Waals surface area (Å²) in [6.07, 6.45) is 2.41. The second-order valence-corrected chi connectivity index (χ2v) is 16.8. The van der Waals surface area contributed by atoms with E-state index in [1.165, 1.54) is 78.0 Å². The fraction of sp³-hybridized carbons (Fsp3) is 0.0333. The zero-order valence-corrected chi connectivity index (χ0v) is 34.5. The third-order valence-corrected chi connectivity index (χ3v) is 13.7. The number of hydrazine groups is 1. The molecule has 63 heavy (non-hydrogen) atoms. The van der Waals surface area contributed by atoms with Crippen LogP contribution in [0.25, 0.3) is 45.3 Å². The minimum Gasteiger partial charge on any atom is -0.309 e. The van der Waals surface area contributed by atoms with Gasteiger partial charge in [0, 0.05) is 28.0 Å². The van der Waals surface area contributed by atoms with Gasteiger partial charge in [-0.05, 0) is 86.0 Å². The highest BCUT2D eigenvalue weighted by molar-refractivity contribution is 6.08. The van der Waals surface area contributed by atoms with E-state index in [9.17, 15) is 0 Å². The van der Waals surface area contributed by atoms with Crippen LogP contribution in [-0.4, -0.2) is 5.01 Å². The predicted octanol–water partition coefficient (Wildman–Crippen LogP) is 14.4. The van der Waals surface area contributed by atoms with E-state index in [4.69, 9.17) is 0 Å². The van der Waals surface area contributed by atoms with Gasteiger partial charge in [0.15, 0.2) is 0 Å². The lowest BCUT2D eigenvalue weighted by molar-refractivity contribution is 0.405. The van der Waals surface area contributed by atoms with Gasteiger partial charge in [0.25, 0.3) is 0 Å². The molecule has 0 aromatic heterocycles. The number of nitrogens with one attached hydrogen (secondary N) is 1. The molecular weight excluding hydrogens is 763 g/mol. The number of hydrogen-bond acceptors (Lipinski definition) is 3. The summed E-state index contributed by atoms with van der Waals surface area (Å²) in [4.78, 5) is 2.52. The third kappa shape index (κ3) is 5.12. The van der Waals surface area contributed by atoms with Crippen molar-refractivity contribution in [2.24, 2.45) is 0 Å². The first-order valence-electron chi connectivity index (χ1n) is 21.9. The van der Waals surface area contributed by atoms with Crippen molar-refractivity contribution in [2.45, 2.75) is 11.5 Å². The minimum atomic E-state index is -0.453. The summed E-state index contributed by atoms with van der Waals surface area (Å²) in [7, 11) is 0. The standard InChI is InChI=1S/C60H41N3/c1-5-21-40(22-6-1)55-39-48-46(59-56(41-23-7-2-8-24-41)58(61-63(55)59)42-25-9-3-10-26-42)32-19-37-53(48)62(43-27-11-4-12-28-43)54-38-20-36-52-57(54)47-31-15-18-35-51(47)60(52)49-33-16-13-29-44(49)45-30-14-17-34-50(45)60/h1-39,58,61H. The van der Waals surface area contributed by atoms with E-state index in [-0.39, 0.29) is 6.04 Å². The Morgan fingerprint density at radius 2 is 0.905 bits per heavy atom. The molecule has 296 valence electrons. The third-order valence-electron chi connectivity index (χ3n) is 13.7. The van der Waals surface area contributed by atoms with Gasteiger partial charge in [0.05, 0.1) is 34.2 Å². The summed E-state index contributed by atoms with van der Waals surface area (Å²) < 4.78 is 0. The molecule has 4 aliphatic rings. The van der Waals surface area contributed by atoms with Crippen molar-refractivity contribution < 1.29 is 0 Å². The summed E-state index contributed by atoms with van der Waals surface area (Å²) in [5.74, 6) is 0. The molecule has 1 spiro atoms. The fourth-order valence-electron chi connectivity index (χ4n) is 11.2. The van der Waals surface area contributed by atoms with Crippen molar-refractivity contribution in [1.29, 1.82) is 0 Å². The van der Waals surface area contributed by atoms with Crippen molar-refractivity contribution in [3.8, 4) is 22.3 Å². The van der Waals surface area contributed by atoms with E-state index in [1.807, 2.05) is 0 Å². The van der Waals surface area contributed by atoms with Gasteiger partial charge in [-0.2, -0.15) is 0 Å². The fourth-order valence-corrected chi connectivity index (χ4v) is 11.2. The van der Waals surface area contributed by atoms with Crippen molar-refractivity contribution in [1.82, 2.24) is 10.4 Å². The first-order valence-corrected chi connectivity index (χ1v) is 21.9. The van der Waals surface area contributed by atoms with Crippen LogP contribution in [-0.2, 0) is 5.41 Å². The van der Waals surface area contributed by atoms with Crippen LogP contribution in [0.3, 0.4) is 0 Å². The van der Waals surface area contributed by atoms with Crippen LogP contribution in [0.2, 0.25) is 0 Å². The molecule has 0 saturated heterocycles. The Balaban J connectivity index is 1.11. The highest BCUT2D eigenvalue weighted by atomic mass is 15.6. The van der Waals surface area contributed by atoms with Gasteiger partial charge in [-0.1, -0.05) is 206 Å². The van der Waals surface area contributed by atoms with Crippen LogP contribution in [0.15, 0.2) is 231 Å². The average Bonchev–Trinajstić information content (AvgIpc) is 4.01. The van der Waals surface area contributed by atoms with Crippen LogP contribution < -0.4 is 10.3 Å². The van der Waals surface area contributed by atoms with Gasteiger partial charge in [0.2, 0.25) is 0 Å². The predicted molar refractivity (Wildman–Crippen MR) is 259 cm³/mol. The number of nitrogens with zero attached hydrogens (tertiary/aromatic N) is 2. The number of anilines is 3. The van der Waals surface area contributed by atoms with E-state index < -0.39 is 5.41 Å². The SMILES string of the molecule is C1=C(c2ccccc2)N2NC(c3ccccc3)C(c3ccccc3)=C2c2cccc(N(c3ccccc3)c3cccc4c3-c3ccccc3C43c4ccccc4-c4ccccc43)c21.